The van der Waals surface area contributed by atoms with Crippen LogP contribution in [0.15, 0.2) is 11.1 Å². The van der Waals surface area contributed by atoms with E-state index in [0.29, 0.717) is 0 Å². The van der Waals surface area contributed by atoms with Crippen molar-refractivity contribution in [2.45, 2.75) is 25.7 Å². The van der Waals surface area contributed by atoms with E-state index >= 15 is 0 Å². The second kappa shape index (κ2) is 2.50. The highest BCUT2D eigenvalue weighted by molar-refractivity contribution is 7.85. The molecule has 2 rings (SSSR count). The molecule has 0 radical (unpaired) electrons. The molecule has 0 aromatic rings. The lowest BCUT2D eigenvalue weighted by Gasteiger charge is -2.11. The number of hydrogen-bond acceptors (Lipinski definition) is 1. The second-order valence-corrected chi connectivity index (χ2v) is 4.60. The van der Waals surface area contributed by atoms with Gasteiger partial charge in [0, 0.05) is 22.3 Å². The summed E-state index contributed by atoms with van der Waals surface area (Å²) in [6.45, 7) is 0. The van der Waals surface area contributed by atoms with Crippen molar-refractivity contribution in [2.75, 3.05) is 11.5 Å². The third-order valence-electron chi connectivity index (χ3n) is 2.38. The summed E-state index contributed by atoms with van der Waals surface area (Å²) < 4.78 is 11.1. The predicted octanol–water partition coefficient (Wildman–Crippen LogP) is 1.62. The Bertz CT molecular complexity index is 185. The fourth-order valence-electron chi connectivity index (χ4n) is 1.82. The zero-order valence-corrected chi connectivity index (χ0v) is 6.88. The van der Waals surface area contributed by atoms with Gasteiger partial charge in [-0.05, 0) is 25.7 Å². The first kappa shape index (κ1) is 6.59. The van der Waals surface area contributed by atoms with E-state index in [0.717, 1.165) is 11.5 Å². The summed E-state index contributed by atoms with van der Waals surface area (Å²) in [5, 5.41) is 0. The first-order valence-electron chi connectivity index (χ1n) is 3.91. The van der Waals surface area contributed by atoms with Gasteiger partial charge in [0.05, 0.1) is 0 Å². The van der Waals surface area contributed by atoms with E-state index in [-0.39, 0.29) is 0 Å². The quantitative estimate of drug-likeness (QED) is 0.487. The van der Waals surface area contributed by atoms with Crippen LogP contribution in [0.1, 0.15) is 25.7 Å². The zero-order valence-electron chi connectivity index (χ0n) is 6.06. The van der Waals surface area contributed by atoms with Crippen LogP contribution in [0.4, 0.5) is 0 Å². The van der Waals surface area contributed by atoms with E-state index in [9.17, 15) is 4.21 Å². The van der Waals surface area contributed by atoms with Crippen molar-refractivity contribution < 1.29 is 4.21 Å². The summed E-state index contributed by atoms with van der Waals surface area (Å²) in [6, 6.07) is 0. The van der Waals surface area contributed by atoms with Gasteiger partial charge in [0.15, 0.2) is 0 Å². The van der Waals surface area contributed by atoms with E-state index in [4.69, 9.17) is 0 Å². The highest BCUT2D eigenvalue weighted by atomic mass is 32.2. The molecule has 0 atom stereocenters. The molecule has 0 amide bonds. The van der Waals surface area contributed by atoms with Gasteiger partial charge < -0.3 is 0 Å². The maximum Gasteiger partial charge on any atom is 0.0451 e. The Hall–Kier alpha value is -0.110. The first-order valence-corrected chi connectivity index (χ1v) is 5.40. The molecule has 56 valence electrons. The van der Waals surface area contributed by atoms with Crippen LogP contribution in [0, 0.1) is 0 Å². The maximum atomic E-state index is 11.1. The highest BCUT2D eigenvalue weighted by Gasteiger charge is 2.21. The minimum Gasteiger partial charge on any atom is -0.259 e. The van der Waals surface area contributed by atoms with E-state index in [1.165, 1.54) is 36.8 Å². The Kier molecular flexibility index (Phi) is 1.65. The molecule has 0 spiro atoms. The van der Waals surface area contributed by atoms with Crippen LogP contribution in [0.3, 0.4) is 0 Å². The Morgan fingerprint density at radius 1 is 1.00 bits per heavy atom. The Morgan fingerprint density at radius 2 is 1.50 bits per heavy atom. The lowest BCUT2D eigenvalue weighted by molar-refractivity contribution is 0.681. The highest BCUT2D eigenvalue weighted by Crippen LogP contribution is 2.30. The van der Waals surface area contributed by atoms with Crippen LogP contribution < -0.4 is 0 Å². The minimum atomic E-state index is -0.517. The van der Waals surface area contributed by atoms with E-state index < -0.39 is 10.8 Å². The Morgan fingerprint density at radius 3 is 2.00 bits per heavy atom. The number of rotatable bonds is 0. The normalized spacial score (nSPS) is 27.2. The van der Waals surface area contributed by atoms with E-state index in [1.807, 2.05) is 0 Å². The van der Waals surface area contributed by atoms with Crippen molar-refractivity contribution in [3.63, 3.8) is 0 Å². The second-order valence-electron chi connectivity index (χ2n) is 3.14. The molecule has 10 heavy (non-hydrogen) atoms. The average molecular weight is 156 g/mol. The Labute approximate surface area is 64.0 Å². The van der Waals surface area contributed by atoms with Crippen molar-refractivity contribution in [3.05, 3.63) is 11.1 Å². The molecular weight excluding hydrogens is 144 g/mol. The van der Waals surface area contributed by atoms with Gasteiger partial charge in [0.1, 0.15) is 0 Å². The summed E-state index contributed by atoms with van der Waals surface area (Å²) >= 11 is 0. The fourth-order valence-corrected chi connectivity index (χ4v) is 3.39. The molecule has 0 saturated carbocycles. The molecule has 2 heteroatoms. The molecule has 0 saturated heterocycles. The van der Waals surface area contributed by atoms with Crippen LogP contribution in [-0.2, 0) is 10.8 Å². The molecule has 1 aliphatic carbocycles. The molecular formula is C8H12OS. The van der Waals surface area contributed by atoms with Gasteiger partial charge in [-0.2, -0.15) is 0 Å². The van der Waals surface area contributed by atoms with Crippen LogP contribution in [0.25, 0.3) is 0 Å². The van der Waals surface area contributed by atoms with Crippen LogP contribution in [0.5, 0.6) is 0 Å². The lowest BCUT2D eigenvalue weighted by atomic mass is 9.94. The van der Waals surface area contributed by atoms with E-state index in [2.05, 4.69) is 0 Å². The summed E-state index contributed by atoms with van der Waals surface area (Å²) in [6.07, 6.45) is 5.13. The number of hydrogen-bond donors (Lipinski definition) is 0. The van der Waals surface area contributed by atoms with E-state index in [1.54, 1.807) is 0 Å². The minimum absolute atomic E-state index is 0.517. The topological polar surface area (TPSA) is 17.1 Å². The van der Waals surface area contributed by atoms with Crippen molar-refractivity contribution >= 4 is 10.8 Å². The molecule has 0 unspecified atom stereocenters. The fraction of sp³-hybridized carbons (Fsp3) is 0.750. The van der Waals surface area contributed by atoms with Gasteiger partial charge in [-0.25, -0.2) is 0 Å². The molecule has 0 bridgehead atoms. The standard InChI is InChI=1S/C8H12OS/c9-10-5-7-3-1-2-4-8(7)6-10/h1-6H2. The maximum absolute atomic E-state index is 11.1. The summed E-state index contributed by atoms with van der Waals surface area (Å²) in [7, 11) is -0.517. The van der Waals surface area contributed by atoms with Crippen LogP contribution >= 0.6 is 0 Å². The smallest absolute Gasteiger partial charge is 0.0451 e. The summed E-state index contributed by atoms with van der Waals surface area (Å²) in [5.74, 6) is 1.80. The lowest BCUT2D eigenvalue weighted by Crippen LogP contribution is -1.96. The molecule has 2 aliphatic rings. The van der Waals surface area contributed by atoms with Crippen molar-refractivity contribution in [1.29, 1.82) is 0 Å². The van der Waals surface area contributed by atoms with Crippen LogP contribution in [-0.4, -0.2) is 15.7 Å². The van der Waals surface area contributed by atoms with Gasteiger partial charge in [-0.1, -0.05) is 11.1 Å². The molecule has 0 fully saturated rings. The van der Waals surface area contributed by atoms with Crippen molar-refractivity contribution in [3.8, 4) is 0 Å². The first-order chi connectivity index (χ1) is 4.86. The van der Waals surface area contributed by atoms with Crippen molar-refractivity contribution in [1.82, 2.24) is 0 Å². The zero-order chi connectivity index (χ0) is 6.97. The average Bonchev–Trinajstić information content (AvgIpc) is 2.27. The van der Waals surface area contributed by atoms with Gasteiger partial charge in [0.25, 0.3) is 0 Å². The molecule has 0 N–H and O–H groups in total. The van der Waals surface area contributed by atoms with Crippen LogP contribution in [0.2, 0.25) is 0 Å². The van der Waals surface area contributed by atoms with Gasteiger partial charge >= 0.3 is 0 Å². The molecule has 0 aromatic carbocycles. The van der Waals surface area contributed by atoms with Gasteiger partial charge in [0.2, 0.25) is 0 Å². The third-order valence-corrected chi connectivity index (χ3v) is 3.72. The van der Waals surface area contributed by atoms with Gasteiger partial charge in [-0.15, -0.1) is 0 Å². The molecule has 1 heterocycles. The predicted molar refractivity (Wildman–Crippen MR) is 43.4 cm³/mol. The molecule has 1 nitrogen and oxygen atoms in total. The summed E-state index contributed by atoms with van der Waals surface area (Å²) in [4.78, 5) is 0. The molecule has 0 aromatic heterocycles. The van der Waals surface area contributed by atoms with Gasteiger partial charge in [-0.3, -0.25) is 4.21 Å². The summed E-state index contributed by atoms with van der Waals surface area (Å²) in [5.41, 5.74) is 3.06. The SMILES string of the molecule is O=S1CC2=C(CCCC2)C1. The molecule has 1 aliphatic heterocycles. The largest absolute Gasteiger partial charge is 0.259 e. The monoisotopic (exact) mass is 156 g/mol. The third kappa shape index (κ3) is 1.05. The van der Waals surface area contributed by atoms with Crippen molar-refractivity contribution in [2.24, 2.45) is 0 Å². The Balaban J connectivity index is 2.20.